The molecule has 0 aromatic carbocycles. The van der Waals surface area contributed by atoms with Gasteiger partial charge in [-0.1, -0.05) is 331 Å². The Hall–Kier alpha value is -2.17. The molecular weight excluding hydrogens is 879 g/mol. The molecule has 0 saturated carbocycles. The molecule has 1 amide bonds. The minimum absolute atomic E-state index is 0.0702. The van der Waals surface area contributed by atoms with Crippen molar-refractivity contribution in [2.45, 2.75) is 347 Å². The lowest BCUT2D eigenvalue weighted by atomic mass is 10.0. The quantitative estimate of drug-likeness (QED) is 0.0420. The fourth-order valence-electron chi connectivity index (χ4n) is 9.84. The predicted octanol–water partition coefficient (Wildman–Crippen LogP) is 21.7. The van der Waals surface area contributed by atoms with Gasteiger partial charge in [0.05, 0.1) is 18.8 Å². The summed E-state index contributed by atoms with van der Waals surface area (Å²) in [6, 6.07) is -0.642. The Morgan fingerprint density at radius 3 is 0.972 bits per heavy atom. The number of carbonyl (C=O) groups is 1. The van der Waals surface area contributed by atoms with E-state index in [9.17, 15) is 15.0 Å². The molecule has 0 bridgehead atoms. The maximum Gasteiger partial charge on any atom is 0.220 e. The average Bonchev–Trinajstić information content (AvgIpc) is 3.39. The molecule has 0 heterocycles. The molecule has 0 fully saturated rings. The monoisotopic (exact) mass is 1000 g/mol. The Bertz CT molecular complexity index is 1230. The van der Waals surface area contributed by atoms with Crippen LogP contribution < -0.4 is 5.32 Å². The second kappa shape index (κ2) is 63.1. The van der Waals surface area contributed by atoms with Crippen molar-refractivity contribution >= 4 is 5.91 Å². The molecule has 420 valence electrons. The number of nitrogens with one attached hydrogen (secondary N) is 1. The first-order valence-electron chi connectivity index (χ1n) is 32.2. The molecule has 3 N–H and O–H groups in total. The molecule has 0 aliphatic heterocycles. The van der Waals surface area contributed by atoms with E-state index in [0.29, 0.717) is 6.42 Å². The maximum atomic E-state index is 12.5. The van der Waals surface area contributed by atoms with Crippen molar-refractivity contribution in [3.05, 3.63) is 72.9 Å². The fourth-order valence-corrected chi connectivity index (χ4v) is 9.84. The number of amides is 1. The van der Waals surface area contributed by atoms with Crippen molar-refractivity contribution in [3.63, 3.8) is 0 Å². The van der Waals surface area contributed by atoms with Crippen molar-refractivity contribution in [2.24, 2.45) is 0 Å². The highest BCUT2D eigenvalue weighted by molar-refractivity contribution is 5.76. The van der Waals surface area contributed by atoms with Gasteiger partial charge in [-0.2, -0.15) is 0 Å². The van der Waals surface area contributed by atoms with E-state index in [-0.39, 0.29) is 12.5 Å². The molecule has 0 aliphatic rings. The van der Waals surface area contributed by atoms with Gasteiger partial charge < -0.3 is 15.5 Å². The van der Waals surface area contributed by atoms with Crippen molar-refractivity contribution < 1.29 is 15.0 Å². The Balaban J connectivity index is 3.49. The molecule has 4 heteroatoms. The van der Waals surface area contributed by atoms with E-state index < -0.39 is 12.1 Å². The number of allylic oxidation sites excluding steroid dienone is 11. The van der Waals surface area contributed by atoms with E-state index in [2.05, 4.69) is 79.9 Å². The zero-order valence-electron chi connectivity index (χ0n) is 48.4. The number of rotatable bonds is 59. The molecule has 2 atom stereocenters. The minimum atomic E-state index is -0.866. The van der Waals surface area contributed by atoms with Crippen LogP contribution in [0.5, 0.6) is 0 Å². The number of hydrogen-bond donors (Lipinski definition) is 3. The summed E-state index contributed by atoms with van der Waals surface area (Å²) in [6.07, 6.45) is 91.1. The summed E-state index contributed by atoms with van der Waals surface area (Å²) in [6.45, 7) is 4.22. The van der Waals surface area contributed by atoms with Crippen molar-refractivity contribution in [2.75, 3.05) is 6.61 Å². The third kappa shape index (κ3) is 58.7. The Morgan fingerprint density at radius 2 is 0.625 bits per heavy atom. The van der Waals surface area contributed by atoms with Gasteiger partial charge in [0.1, 0.15) is 0 Å². The second-order valence-corrected chi connectivity index (χ2v) is 21.8. The number of unbranched alkanes of at least 4 members (excludes halogenated alkanes) is 42. The molecule has 0 saturated heterocycles. The summed E-state index contributed by atoms with van der Waals surface area (Å²) in [5, 5.41) is 23.2. The molecule has 72 heavy (non-hydrogen) atoms. The highest BCUT2D eigenvalue weighted by atomic mass is 16.3. The Kier molecular flexibility index (Phi) is 61.2. The summed E-state index contributed by atoms with van der Waals surface area (Å²) in [5.41, 5.74) is 0. The number of carbonyl (C=O) groups excluding carboxylic acids is 1. The molecule has 2 unspecified atom stereocenters. The topological polar surface area (TPSA) is 69.6 Å². The first-order chi connectivity index (χ1) is 35.7. The van der Waals surface area contributed by atoms with Gasteiger partial charge in [-0.05, 0) is 70.6 Å². The number of aliphatic hydroxyl groups excluding tert-OH is 2. The lowest BCUT2D eigenvalue weighted by molar-refractivity contribution is -0.123. The summed E-state index contributed by atoms with van der Waals surface area (Å²) in [4.78, 5) is 12.5. The molecular formula is C68H125NO3. The molecule has 0 radical (unpaired) electrons. The van der Waals surface area contributed by atoms with E-state index >= 15 is 0 Å². The highest BCUT2D eigenvalue weighted by Gasteiger charge is 2.18. The standard InChI is InChI=1S/C68H125NO3/c1-3-5-7-9-11-13-15-17-19-21-23-25-27-29-31-33-34-36-38-40-42-44-46-48-50-52-54-56-58-60-62-64-68(72)69-66(65-70)67(71)63-61-59-57-55-53-51-49-47-45-43-41-39-37-35-32-30-28-26-24-22-20-18-16-14-12-10-8-6-4-2/h5,7,11,13,17,19,23,25,53,55,61,63,66-67,70-71H,3-4,6,8-10,12,14-16,18,20-22,24,26-52,54,56-60,62,64-65H2,1-2H3,(H,69,72)/b7-5-,13-11-,19-17-,25-23-,55-53+,63-61+. The van der Waals surface area contributed by atoms with Gasteiger partial charge in [0, 0.05) is 6.42 Å². The van der Waals surface area contributed by atoms with E-state index in [1.165, 1.54) is 257 Å². The van der Waals surface area contributed by atoms with Gasteiger partial charge in [-0.15, -0.1) is 0 Å². The second-order valence-electron chi connectivity index (χ2n) is 21.8. The molecule has 4 nitrogen and oxygen atoms in total. The van der Waals surface area contributed by atoms with Gasteiger partial charge in [-0.25, -0.2) is 0 Å². The third-order valence-corrected chi connectivity index (χ3v) is 14.7. The molecule has 0 aromatic rings. The van der Waals surface area contributed by atoms with Crippen LogP contribution in [0.1, 0.15) is 335 Å². The lowest BCUT2D eigenvalue weighted by Gasteiger charge is -2.19. The first kappa shape index (κ1) is 69.8. The minimum Gasteiger partial charge on any atom is -0.394 e. The lowest BCUT2D eigenvalue weighted by Crippen LogP contribution is -2.45. The zero-order chi connectivity index (χ0) is 52.0. The third-order valence-electron chi connectivity index (χ3n) is 14.7. The van der Waals surface area contributed by atoms with Crippen molar-refractivity contribution in [3.8, 4) is 0 Å². The van der Waals surface area contributed by atoms with Crippen LogP contribution in [0, 0.1) is 0 Å². The first-order valence-corrected chi connectivity index (χ1v) is 32.2. The van der Waals surface area contributed by atoms with E-state index in [4.69, 9.17) is 0 Å². The Morgan fingerprint density at radius 1 is 0.347 bits per heavy atom. The predicted molar refractivity (Wildman–Crippen MR) is 322 cm³/mol. The van der Waals surface area contributed by atoms with E-state index in [1.54, 1.807) is 6.08 Å². The number of hydrogen-bond acceptors (Lipinski definition) is 3. The molecule has 0 aromatic heterocycles. The molecule has 0 aliphatic carbocycles. The summed E-state index contributed by atoms with van der Waals surface area (Å²) < 4.78 is 0. The highest BCUT2D eigenvalue weighted by Crippen LogP contribution is 2.18. The largest absolute Gasteiger partial charge is 0.394 e. The fraction of sp³-hybridized carbons (Fsp3) is 0.809. The zero-order valence-corrected chi connectivity index (χ0v) is 48.4. The van der Waals surface area contributed by atoms with Crippen LogP contribution in [0.2, 0.25) is 0 Å². The number of aliphatic hydroxyl groups is 2. The van der Waals surface area contributed by atoms with E-state index in [1.807, 2.05) is 6.08 Å². The van der Waals surface area contributed by atoms with Crippen molar-refractivity contribution in [1.29, 1.82) is 0 Å². The smallest absolute Gasteiger partial charge is 0.220 e. The van der Waals surface area contributed by atoms with Crippen molar-refractivity contribution in [1.82, 2.24) is 5.32 Å². The maximum absolute atomic E-state index is 12.5. The molecule has 0 spiro atoms. The van der Waals surface area contributed by atoms with Crippen LogP contribution in [-0.4, -0.2) is 34.9 Å². The van der Waals surface area contributed by atoms with Crippen LogP contribution >= 0.6 is 0 Å². The molecule has 0 rings (SSSR count). The van der Waals surface area contributed by atoms with Gasteiger partial charge in [0.25, 0.3) is 0 Å². The normalized spacial score (nSPS) is 13.2. The average molecular weight is 1000 g/mol. The summed E-state index contributed by atoms with van der Waals surface area (Å²) in [7, 11) is 0. The van der Waals surface area contributed by atoms with E-state index in [0.717, 1.165) is 57.8 Å². The van der Waals surface area contributed by atoms with Gasteiger partial charge in [0.2, 0.25) is 5.91 Å². The van der Waals surface area contributed by atoms with Crippen LogP contribution in [0.3, 0.4) is 0 Å². The van der Waals surface area contributed by atoms with Crippen LogP contribution in [0.25, 0.3) is 0 Å². The van der Waals surface area contributed by atoms with Gasteiger partial charge in [0.15, 0.2) is 0 Å². The SMILES string of the molecule is CC/C=C\C/C=C\C/C=C\C/C=C\CCCCCCCCCCCCCCCCCCCCC(=O)NC(CO)C(O)/C=C/CC/C=C/CCCCCCCCCCCCCCCCCCCCCCCCC. The van der Waals surface area contributed by atoms with Crippen LogP contribution in [0.4, 0.5) is 0 Å². The van der Waals surface area contributed by atoms with Crippen LogP contribution in [-0.2, 0) is 4.79 Å². The Labute approximate surface area is 450 Å². The summed E-state index contributed by atoms with van der Waals surface area (Å²) in [5.74, 6) is -0.0702. The van der Waals surface area contributed by atoms with Gasteiger partial charge in [-0.3, -0.25) is 4.79 Å². The van der Waals surface area contributed by atoms with Crippen LogP contribution in [0.15, 0.2) is 72.9 Å². The van der Waals surface area contributed by atoms with Gasteiger partial charge >= 0.3 is 0 Å². The summed E-state index contributed by atoms with van der Waals surface area (Å²) >= 11 is 0.